The molecule has 0 saturated heterocycles. The number of benzene rings is 1. The van der Waals surface area contributed by atoms with E-state index in [1.807, 2.05) is 49.3 Å². The van der Waals surface area contributed by atoms with Crippen LogP contribution in [0.3, 0.4) is 0 Å². The number of ether oxygens (including phenoxy) is 1. The summed E-state index contributed by atoms with van der Waals surface area (Å²) in [5.41, 5.74) is 1.68. The van der Waals surface area contributed by atoms with E-state index in [9.17, 15) is 4.79 Å². The number of hydrogen-bond donors (Lipinski definition) is 0. The summed E-state index contributed by atoms with van der Waals surface area (Å²) in [5, 5.41) is 5.05. The number of carbonyl (C=O) groups is 1. The zero-order valence-electron chi connectivity index (χ0n) is 16.4. The summed E-state index contributed by atoms with van der Waals surface area (Å²) in [4.78, 5) is 23.7. The van der Waals surface area contributed by atoms with E-state index in [-0.39, 0.29) is 5.97 Å². The molecule has 0 amide bonds. The van der Waals surface area contributed by atoms with Crippen LogP contribution in [0.4, 0.5) is 5.82 Å². The average molecular weight is 391 g/mol. The molecule has 1 aromatic carbocycles. The van der Waals surface area contributed by atoms with Gasteiger partial charge in [-0.1, -0.05) is 30.3 Å². The fourth-order valence-corrected chi connectivity index (χ4v) is 3.29. The monoisotopic (exact) mass is 391 g/mol. The van der Waals surface area contributed by atoms with Crippen LogP contribution in [0.5, 0.6) is 0 Å². The Labute approximate surface area is 167 Å². The first-order valence-electron chi connectivity index (χ1n) is 9.16. The summed E-state index contributed by atoms with van der Waals surface area (Å²) >= 11 is 0. The van der Waals surface area contributed by atoms with E-state index in [4.69, 9.17) is 14.1 Å². The number of aryl methyl sites for hydroxylation is 1. The average Bonchev–Trinajstić information content (AvgIpc) is 3.41. The standard InChI is InChI=1S/C21H21N5O3/c1-25(16(21(27)28-3)12-14-8-5-4-6-9-14)19-15-13-22-26(2)20(15)24-18(23-19)17-10-7-11-29-17/h4-11,13,16H,12H2,1-3H3/t16-/m0/s1. The fourth-order valence-electron chi connectivity index (χ4n) is 3.29. The second-order valence-corrected chi connectivity index (χ2v) is 6.69. The highest BCUT2D eigenvalue weighted by Gasteiger charge is 2.28. The molecule has 3 heterocycles. The number of hydrogen-bond acceptors (Lipinski definition) is 7. The molecule has 0 fully saturated rings. The van der Waals surface area contributed by atoms with Gasteiger partial charge in [0.15, 0.2) is 17.2 Å². The molecule has 0 saturated carbocycles. The Kier molecular flexibility index (Phi) is 4.99. The topological polar surface area (TPSA) is 86.3 Å². The summed E-state index contributed by atoms with van der Waals surface area (Å²) in [7, 11) is 5.03. The maximum Gasteiger partial charge on any atom is 0.328 e. The molecule has 1 atom stereocenters. The second-order valence-electron chi connectivity index (χ2n) is 6.69. The lowest BCUT2D eigenvalue weighted by Crippen LogP contribution is -2.41. The Hall–Kier alpha value is -3.68. The van der Waals surface area contributed by atoms with Crippen LogP contribution in [-0.4, -0.2) is 45.9 Å². The third kappa shape index (κ3) is 3.56. The van der Waals surface area contributed by atoms with E-state index in [0.717, 1.165) is 10.9 Å². The largest absolute Gasteiger partial charge is 0.467 e. The Morgan fingerprint density at radius 3 is 2.69 bits per heavy atom. The van der Waals surface area contributed by atoms with Crippen LogP contribution in [0.1, 0.15) is 5.56 Å². The van der Waals surface area contributed by atoms with Crippen molar-refractivity contribution in [2.75, 3.05) is 19.1 Å². The second kappa shape index (κ2) is 7.75. The van der Waals surface area contributed by atoms with Gasteiger partial charge in [-0.05, 0) is 17.7 Å². The van der Waals surface area contributed by atoms with Crippen LogP contribution in [-0.2, 0) is 23.0 Å². The Morgan fingerprint density at radius 1 is 1.21 bits per heavy atom. The maximum atomic E-state index is 12.6. The molecule has 0 aliphatic rings. The van der Waals surface area contributed by atoms with Crippen LogP contribution >= 0.6 is 0 Å². The summed E-state index contributed by atoms with van der Waals surface area (Å²) in [6.07, 6.45) is 3.75. The number of esters is 1. The highest BCUT2D eigenvalue weighted by atomic mass is 16.5. The van der Waals surface area contributed by atoms with Gasteiger partial charge < -0.3 is 14.1 Å². The lowest BCUT2D eigenvalue weighted by atomic mass is 10.0. The van der Waals surface area contributed by atoms with E-state index in [1.165, 1.54) is 7.11 Å². The van der Waals surface area contributed by atoms with Crippen LogP contribution < -0.4 is 4.90 Å². The van der Waals surface area contributed by atoms with Crippen LogP contribution in [0, 0.1) is 0 Å². The molecule has 0 radical (unpaired) electrons. The van der Waals surface area contributed by atoms with Gasteiger partial charge in [0, 0.05) is 20.5 Å². The molecular weight excluding hydrogens is 370 g/mol. The first kappa shape index (κ1) is 18.7. The lowest BCUT2D eigenvalue weighted by molar-refractivity contribution is -0.142. The minimum Gasteiger partial charge on any atom is -0.467 e. The van der Waals surface area contributed by atoms with Gasteiger partial charge in [0.05, 0.1) is 25.0 Å². The van der Waals surface area contributed by atoms with Crippen LogP contribution in [0.2, 0.25) is 0 Å². The van der Waals surface area contributed by atoms with Gasteiger partial charge in [-0.15, -0.1) is 0 Å². The number of fused-ring (bicyclic) bond motifs is 1. The molecule has 4 rings (SSSR count). The third-order valence-corrected chi connectivity index (χ3v) is 4.86. The molecule has 29 heavy (non-hydrogen) atoms. The van der Waals surface area contributed by atoms with Gasteiger partial charge in [-0.3, -0.25) is 4.68 Å². The molecule has 0 unspecified atom stereocenters. The van der Waals surface area contributed by atoms with Gasteiger partial charge in [-0.2, -0.15) is 5.10 Å². The highest BCUT2D eigenvalue weighted by Crippen LogP contribution is 2.28. The number of likely N-dealkylation sites (N-methyl/N-ethyl adjacent to an activating group) is 1. The maximum absolute atomic E-state index is 12.6. The Morgan fingerprint density at radius 2 is 2.00 bits per heavy atom. The molecular formula is C21H21N5O3. The van der Waals surface area contributed by atoms with Crippen LogP contribution in [0.25, 0.3) is 22.6 Å². The highest BCUT2D eigenvalue weighted by molar-refractivity contribution is 5.91. The zero-order chi connectivity index (χ0) is 20.4. The first-order chi connectivity index (χ1) is 14.1. The quantitative estimate of drug-likeness (QED) is 0.467. The summed E-state index contributed by atoms with van der Waals surface area (Å²) in [6, 6.07) is 12.8. The van der Waals surface area contributed by atoms with Gasteiger partial charge in [0.25, 0.3) is 0 Å². The predicted molar refractivity (Wildman–Crippen MR) is 108 cm³/mol. The molecule has 0 spiro atoms. The Bertz CT molecular complexity index is 1120. The number of rotatable bonds is 6. The summed E-state index contributed by atoms with van der Waals surface area (Å²) in [5.74, 6) is 1.21. The Balaban J connectivity index is 1.81. The minimum absolute atomic E-state index is 0.341. The molecule has 0 bridgehead atoms. The van der Waals surface area contributed by atoms with Gasteiger partial charge >= 0.3 is 5.97 Å². The minimum atomic E-state index is -0.565. The molecule has 0 aliphatic heterocycles. The van der Waals surface area contributed by atoms with Gasteiger partial charge in [0.2, 0.25) is 0 Å². The van der Waals surface area contributed by atoms with Crippen molar-refractivity contribution in [3.05, 3.63) is 60.5 Å². The van der Waals surface area contributed by atoms with Crippen molar-refractivity contribution in [3.8, 4) is 11.6 Å². The summed E-state index contributed by atoms with van der Waals surface area (Å²) in [6.45, 7) is 0. The van der Waals surface area contributed by atoms with Gasteiger partial charge in [0.1, 0.15) is 11.9 Å². The normalized spacial score (nSPS) is 12.1. The SMILES string of the molecule is COC(=O)[C@H](Cc1ccccc1)N(C)c1nc(-c2ccco2)nc2c1cnn2C. The van der Waals surface area contributed by atoms with Crippen molar-refractivity contribution < 1.29 is 13.9 Å². The number of nitrogens with zero attached hydrogens (tertiary/aromatic N) is 5. The first-order valence-corrected chi connectivity index (χ1v) is 9.16. The van der Waals surface area contributed by atoms with E-state index in [0.29, 0.717) is 29.5 Å². The van der Waals surface area contributed by atoms with Crippen molar-refractivity contribution in [1.29, 1.82) is 0 Å². The molecule has 0 N–H and O–H groups in total. The van der Waals surface area contributed by atoms with E-state index >= 15 is 0 Å². The van der Waals surface area contributed by atoms with E-state index in [1.54, 1.807) is 29.3 Å². The molecule has 4 aromatic rings. The molecule has 3 aromatic heterocycles. The molecule has 8 nitrogen and oxygen atoms in total. The number of aromatic nitrogens is 4. The number of furan rings is 1. The third-order valence-electron chi connectivity index (χ3n) is 4.86. The van der Waals surface area contributed by atoms with Crippen molar-refractivity contribution in [2.45, 2.75) is 12.5 Å². The molecule has 8 heteroatoms. The van der Waals surface area contributed by atoms with Crippen LogP contribution in [0.15, 0.2) is 59.3 Å². The molecule has 0 aliphatic carbocycles. The smallest absolute Gasteiger partial charge is 0.328 e. The number of anilines is 1. The molecule has 148 valence electrons. The zero-order valence-corrected chi connectivity index (χ0v) is 16.4. The summed E-state index contributed by atoms with van der Waals surface area (Å²) < 4.78 is 12.2. The number of carbonyl (C=O) groups excluding carboxylic acids is 1. The predicted octanol–water partition coefficient (Wildman–Crippen LogP) is 2.84. The van der Waals surface area contributed by atoms with Crippen molar-refractivity contribution in [3.63, 3.8) is 0 Å². The fraction of sp³-hybridized carbons (Fsp3) is 0.238. The van der Waals surface area contributed by atoms with E-state index < -0.39 is 6.04 Å². The van der Waals surface area contributed by atoms with Crippen molar-refractivity contribution >= 4 is 22.8 Å². The van der Waals surface area contributed by atoms with Gasteiger partial charge in [-0.25, -0.2) is 14.8 Å². The number of methoxy groups -OCH3 is 1. The van der Waals surface area contributed by atoms with Crippen molar-refractivity contribution in [1.82, 2.24) is 19.7 Å². The van der Waals surface area contributed by atoms with Crippen molar-refractivity contribution in [2.24, 2.45) is 7.05 Å². The lowest BCUT2D eigenvalue weighted by Gasteiger charge is -2.27. The van der Waals surface area contributed by atoms with E-state index in [2.05, 4.69) is 10.1 Å².